The quantitative estimate of drug-likeness (QED) is 0.485. The minimum absolute atomic E-state index is 0.101. The third kappa shape index (κ3) is 5.19. The standard InChI is InChI=1S/C21H21F2N5O2/c1-12(2)10-30-21(29)13-3-6-15(7-4-13)27-19-18(24)20(26-11-25-19)28-17-9-14(22)5-8-16(17)23/h3-9,11-12H,10,24H2,1-2H3,(H2,25,26,27,28). The predicted octanol–water partition coefficient (Wildman–Crippen LogP) is 4.64. The van der Waals surface area contributed by atoms with Crippen LogP contribution >= 0.6 is 0 Å². The molecule has 0 aliphatic heterocycles. The van der Waals surface area contributed by atoms with Gasteiger partial charge in [-0.2, -0.15) is 0 Å². The Balaban J connectivity index is 1.73. The van der Waals surface area contributed by atoms with Crippen molar-refractivity contribution in [3.63, 3.8) is 0 Å². The lowest BCUT2D eigenvalue weighted by Gasteiger charge is -2.13. The fourth-order valence-electron chi connectivity index (χ4n) is 2.47. The van der Waals surface area contributed by atoms with Gasteiger partial charge < -0.3 is 21.1 Å². The van der Waals surface area contributed by atoms with E-state index in [2.05, 4.69) is 20.6 Å². The van der Waals surface area contributed by atoms with Crippen molar-refractivity contribution in [2.24, 2.45) is 5.92 Å². The molecule has 4 N–H and O–H groups in total. The number of rotatable bonds is 7. The molecule has 0 amide bonds. The van der Waals surface area contributed by atoms with Gasteiger partial charge in [-0.25, -0.2) is 23.5 Å². The van der Waals surface area contributed by atoms with Gasteiger partial charge in [-0.3, -0.25) is 0 Å². The monoisotopic (exact) mass is 413 g/mol. The van der Waals surface area contributed by atoms with Crippen LogP contribution < -0.4 is 16.4 Å². The van der Waals surface area contributed by atoms with Gasteiger partial charge in [-0.1, -0.05) is 13.8 Å². The lowest BCUT2D eigenvalue weighted by Crippen LogP contribution is -2.10. The molecule has 0 unspecified atom stereocenters. The van der Waals surface area contributed by atoms with Gasteiger partial charge in [0.1, 0.15) is 23.6 Å². The number of benzene rings is 2. The van der Waals surface area contributed by atoms with Gasteiger partial charge in [0, 0.05) is 11.8 Å². The first-order valence-corrected chi connectivity index (χ1v) is 9.20. The SMILES string of the molecule is CC(C)COC(=O)c1ccc(Nc2ncnc(Nc3cc(F)ccc3F)c2N)cc1. The van der Waals surface area contributed by atoms with Crippen molar-refractivity contribution in [1.29, 1.82) is 0 Å². The van der Waals surface area contributed by atoms with Gasteiger partial charge in [-0.05, 0) is 42.3 Å². The van der Waals surface area contributed by atoms with E-state index in [0.717, 1.165) is 18.2 Å². The number of hydrogen-bond acceptors (Lipinski definition) is 7. The van der Waals surface area contributed by atoms with E-state index in [1.54, 1.807) is 24.3 Å². The number of esters is 1. The highest BCUT2D eigenvalue weighted by molar-refractivity contribution is 5.90. The Bertz CT molecular complexity index is 1040. The van der Waals surface area contributed by atoms with Crippen LogP contribution in [-0.4, -0.2) is 22.5 Å². The van der Waals surface area contributed by atoms with E-state index in [1.165, 1.54) is 6.33 Å². The molecule has 3 rings (SSSR count). The van der Waals surface area contributed by atoms with Crippen LogP contribution in [0, 0.1) is 17.6 Å². The Hall–Kier alpha value is -3.75. The zero-order valence-electron chi connectivity index (χ0n) is 16.4. The number of nitrogen functional groups attached to an aromatic ring is 1. The molecule has 0 aliphatic rings. The molecular weight excluding hydrogens is 392 g/mol. The minimum Gasteiger partial charge on any atom is -0.462 e. The van der Waals surface area contributed by atoms with Crippen LogP contribution in [0.1, 0.15) is 24.2 Å². The highest BCUT2D eigenvalue weighted by atomic mass is 19.1. The van der Waals surface area contributed by atoms with Gasteiger partial charge in [-0.15, -0.1) is 0 Å². The summed E-state index contributed by atoms with van der Waals surface area (Å²) in [5, 5.41) is 5.67. The highest BCUT2D eigenvalue weighted by Gasteiger charge is 2.12. The number of nitrogens with one attached hydrogen (secondary N) is 2. The molecule has 7 nitrogen and oxygen atoms in total. The molecule has 30 heavy (non-hydrogen) atoms. The van der Waals surface area contributed by atoms with Crippen LogP contribution in [0.15, 0.2) is 48.8 Å². The fourth-order valence-corrected chi connectivity index (χ4v) is 2.47. The van der Waals surface area contributed by atoms with E-state index in [0.29, 0.717) is 17.9 Å². The number of anilines is 5. The normalized spacial score (nSPS) is 10.7. The molecule has 3 aromatic rings. The topological polar surface area (TPSA) is 102 Å². The van der Waals surface area contributed by atoms with Crippen molar-refractivity contribution < 1.29 is 18.3 Å². The fraction of sp³-hybridized carbons (Fsp3) is 0.190. The number of nitrogens with two attached hydrogens (primary N) is 1. The highest BCUT2D eigenvalue weighted by Crippen LogP contribution is 2.29. The first-order chi connectivity index (χ1) is 14.3. The molecule has 1 aromatic heterocycles. The summed E-state index contributed by atoms with van der Waals surface area (Å²) in [6.07, 6.45) is 1.23. The van der Waals surface area contributed by atoms with E-state index < -0.39 is 17.6 Å². The second kappa shape index (κ2) is 9.17. The minimum atomic E-state index is -0.649. The lowest BCUT2D eigenvalue weighted by molar-refractivity contribution is 0.0459. The summed E-state index contributed by atoms with van der Waals surface area (Å²) >= 11 is 0. The molecular formula is C21H21F2N5O2. The Morgan fingerprint density at radius 2 is 1.73 bits per heavy atom. The molecule has 0 spiro atoms. The zero-order chi connectivity index (χ0) is 21.7. The molecule has 156 valence electrons. The predicted molar refractivity (Wildman–Crippen MR) is 111 cm³/mol. The van der Waals surface area contributed by atoms with Crippen LogP contribution in [0.5, 0.6) is 0 Å². The molecule has 9 heteroatoms. The molecule has 0 saturated carbocycles. The molecule has 2 aromatic carbocycles. The van der Waals surface area contributed by atoms with Gasteiger partial charge in [0.25, 0.3) is 0 Å². The van der Waals surface area contributed by atoms with E-state index in [9.17, 15) is 13.6 Å². The number of nitrogens with zero attached hydrogens (tertiary/aromatic N) is 2. The van der Waals surface area contributed by atoms with Crippen molar-refractivity contribution in [3.8, 4) is 0 Å². The molecule has 0 saturated heterocycles. The van der Waals surface area contributed by atoms with Gasteiger partial charge in [0.05, 0.1) is 17.9 Å². The van der Waals surface area contributed by atoms with E-state index in [1.807, 2.05) is 13.8 Å². The summed E-state index contributed by atoms with van der Waals surface area (Å²) in [4.78, 5) is 20.1. The maximum atomic E-state index is 13.9. The largest absolute Gasteiger partial charge is 0.462 e. The molecule has 0 fully saturated rings. The number of carbonyl (C=O) groups excluding carboxylic acids is 1. The van der Waals surface area contributed by atoms with E-state index in [-0.39, 0.29) is 28.9 Å². The van der Waals surface area contributed by atoms with Gasteiger partial charge >= 0.3 is 5.97 Å². The van der Waals surface area contributed by atoms with E-state index >= 15 is 0 Å². The van der Waals surface area contributed by atoms with Gasteiger partial charge in [0.15, 0.2) is 11.6 Å². The third-order valence-corrected chi connectivity index (χ3v) is 4.00. The molecule has 0 bridgehead atoms. The first kappa shape index (κ1) is 21.0. The summed E-state index contributed by atoms with van der Waals surface area (Å²) in [7, 11) is 0. The summed E-state index contributed by atoms with van der Waals surface area (Å²) in [6, 6.07) is 9.59. The average Bonchev–Trinajstić information content (AvgIpc) is 2.72. The van der Waals surface area contributed by atoms with Crippen molar-refractivity contribution in [2.45, 2.75) is 13.8 Å². The second-order valence-corrected chi connectivity index (χ2v) is 6.93. The smallest absolute Gasteiger partial charge is 0.338 e. The Morgan fingerprint density at radius 3 is 2.40 bits per heavy atom. The van der Waals surface area contributed by atoms with Crippen LogP contribution in [0.2, 0.25) is 0 Å². The number of aromatic nitrogens is 2. The Labute approximate surface area is 172 Å². The first-order valence-electron chi connectivity index (χ1n) is 9.20. The Morgan fingerprint density at radius 1 is 1.07 bits per heavy atom. The third-order valence-electron chi connectivity index (χ3n) is 4.00. The summed E-state index contributed by atoms with van der Waals surface area (Å²) < 4.78 is 32.4. The summed E-state index contributed by atoms with van der Waals surface area (Å²) in [5.74, 6) is -1.02. The second-order valence-electron chi connectivity index (χ2n) is 6.93. The lowest BCUT2D eigenvalue weighted by atomic mass is 10.2. The summed E-state index contributed by atoms with van der Waals surface area (Å²) in [5.41, 5.74) is 7.12. The van der Waals surface area contributed by atoms with Crippen LogP contribution in [0.25, 0.3) is 0 Å². The maximum absolute atomic E-state index is 13.9. The van der Waals surface area contributed by atoms with Crippen molar-refractivity contribution in [3.05, 3.63) is 66.0 Å². The van der Waals surface area contributed by atoms with Crippen molar-refractivity contribution >= 4 is 34.7 Å². The van der Waals surface area contributed by atoms with Crippen molar-refractivity contribution in [2.75, 3.05) is 23.0 Å². The van der Waals surface area contributed by atoms with Crippen LogP contribution in [0.4, 0.5) is 37.5 Å². The van der Waals surface area contributed by atoms with Crippen LogP contribution in [0.3, 0.4) is 0 Å². The molecule has 0 atom stereocenters. The molecule has 1 heterocycles. The molecule has 0 radical (unpaired) electrons. The maximum Gasteiger partial charge on any atom is 0.338 e. The number of carbonyl (C=O) groups is 1. The van der Waals surface area contributed by atoms with Crippen LogP contribution in [-0.2, 0) is 4.74 Å². The average molecular weight is 413 g/mol. The Kier molecular flexibility index (Phi) is 6.41. The van der Waals surface area contributed by atoms with Gasteiger partial charge in [0.2, 0.25) is 0 Å². The number of hydrogen-bond donors (Lipinski definition) is 3. The zero-order valence-corrected chi connectivity index (χ0v) is 16.4. The van der Waals surface area contributed by atoms with E-state index in [4.69, 9.17) is 10.5 Å². The molecule has 0 aliphatic carbocycles. The summed E-state index contributed by atoms with van der Waals surface area (Å²) in [6.45, 7) is 4.26. The van der Waals surface area contributed by atoms with Crippen molar-refractivity contribution in [1.82, 2.24) is 9.97 Å². The number of halogens is 2. The number of ether oxygens (including phenoxy) is 1.